The maximum atomic E-state index is 12.7. The van der Waals surface area contributed by atoms with Gasteiger partial charge in [-0.25, -0.2) is 4.79 Å². The minimum absolute atomic E-state index is 0.220. The molecule has 8 nitrogen and oxygen atoms in total. The van der Waals surface area contributed by atoms with Crippen LogP contribution < -0.4 is 28.4 Å². The van der Waals surface area contributed by atoms with Crippen LogP contribution in [0.2, 0.25) is 0 Å². The Morgan fingerprint density at radius 3 is 1.80 bits per heavy atom. The van der Waals surface area contributed by atoms with E-state index in [0.29, 0.717) is 40.1 Å². The molecule has 0 N–H and O–H groups in total. The van der Waals surface area contributed by atoms with Gasteiger partial charge in [-0.3, -0.25) is 4.79 Å². The summed E-state index contributed by atoms with van der Waals surface area (Å²) in [6.07, 6.45) is 3.11. The third kappa shape index (κ3) is 5.92. The van der Waals surface area contributed by atoms with Gasteiger partial charge in [-0.1, -0.05) is 18.2 Å². The number of rotatable bonds is 10. The lowest BCUT2D eigenvalue weighted by molar-refractivity contribution is 0.0733. The van der Waals surface area contributed by atoms with Gasteiger partial charge in [0.15, 0.2) is 17.3 Å². The van der Waals surface area contributed by atoms with Crippen LogP contribution in [-0.4, -0.2) is 47.3 Å². The van der Waals surface area contributed by atoms with E-state index in [-0.39, 0.29) is 11.3 Å². The van der Waals surface area contributed by atoms with Crippen molar-refractivity contribution in [2.75, 3.05) is 35.5 Å². The van der Waals surface area contributed by atoms with E-state index >= 15 is 0 Å². The van der Waals surface area contributed by atoms with Crippen molar-refractivity contribution in [1.29, 1.82) is 0 Å². The summed E-state index contributed by atoms with van der Waals surface area (Å²) in [5.74, 6) is 1.62. The second-order valence-electron chi connectivity index (χ2n) is 7.14. The third-order valence-electron chi connectivity index (χ3n) is 5.09. The molecule has 0 saturated carbocycles. The van der Waals surface area contributed by atoms with Crippen LogP contribution in [0.15, 0.2) is 60.7 Å². The Kier molecular flexibility index (Phi) is 8.34. The highest BCUT2D eigenvalue weighted by Crippen LogP contribution is 2.38. The van der Waals surface area contributed by atoms with Gasteiger partial charge in [0.25, 0.3) is 0 Å². The lowest BCUT2D eigenvalue weighted by Crippen LogP contribution is -2.09. The zero-order valence-corrected chi connectivity index (χ0v) is 20.1. The number of ketones is 1. The summed E-state index contributed by atoms with van der Waals surface area (Å²) in [4.78, 5) is 25.3. The quantitative estimate of drug-likeness (QED) is 0.177. The van der Waals surface area contributed by atoms with E-state index in [9.17, 15) is 9.59 Å². The lowest BCUT2D eigenvalue weighted by atomic mass is 10.1. The van der Waals surface area contributed by atoms with E-state index in [2.05, 4.69) is 0 Å². The van der Waals surface area contributed by atoms with Crippen molar-refractivity contribution in [3.05, 3.63) is 77.4 Å². The first kappa shape index (κ1) is 25.2. The molecule has 182 valence electrons. The van der Waals surface area contributed by atoms with Crippen LogP contribution in [0, 0.1) is 0 Å². The maximum Gasteiger partial charge on any atom is 0.343 e. The van der Waals surface area contributed by atoms with Crippen LogP contribution in [0.25, 0.3) is 6.08 Å². The van der Waals surface area contributed by atoms with E-state index in [0.717, 1.165) is 5.56 Å². The molecular weight excluding hydrogens is 452 g/mol. The Labute approximate surface area is 203 Å². The fourth-order valence-electron chi connectivity index (χ4n) is 3.28. The first-order chi connectivity index (χ1) is 16.9. The molecule has 0 amide bonds. The van der Waals surface area contributed by atoms with Gasteiger partial charge in [0.1, 0.15) is 17.2 Å². The largest absolute Gasteiger partial charge is 0.497 e. The molecule has 0 aliphatic rings. The van der Waals surface area contributed by atoms with Gasteiger partial charge in [0.05, 0.1) is 46.7 Å². The number of carbonyl (C=O) groups is 2. The van der Waals surface area contributed by atoms with Gasteiger partial charge in [-0.05, 0) is 48.0 Å². The molecule has 0 fully saturated rings. The van der Waals surface area contributed by atoms with Crippen molar-refractivity contribution in [2.45, 2.75) is 0 Å². The molecular formula is C27H26O8. The number of carbonyl (C=O) groups excluding carboxylic acids is 2. The van der Waals surface area contributed by atoms with E-state index in [1.165, 1.54) is 46.6 Å². The smallest absolute Gasteiger partial charge is 0.343 e. The predicted octanol–water partition coefficient (Wildman–Crippen LogP) is 4.84. The molecule has 0 spiro atoms. The van der Waals surface area contributed by atoms with Crippen LogP contribution in [0.5, 0.6) is 34.5 Å². The molecule has 0 aromatic heterocycles. The topological polar surface area (TPSA) is 89.5 Å². The zero-order valence-electron chi connectivity index (χ0n) is 20.1. The highest BCUT2D eigenvalue weighted by Gasteiger charge is 2.18. The summed E-state index contributed by atoms with van der Waals surface area (Å²) in [6.45, 7) is 0. The normalized spacial score (nSPS) is 10.5. The molecule has 3 aromatic rings. The van der Waals surface area contributed by atoms with E-state index < -0.39 is 5.97 Å². The molecule has 0 aliphatic carbocycles. The van der Waals surface area contributed by atoms with Crippen molar-refractivity contribution in [3.63, 3.8) is 0 Å². The highest BCUT2D eigenvalue weighted by atomic mass is 16.5. The number of benzene rings is 3. The molecule has 0 atom stereocenters. The van der Waals surface area contributed by atoms with E-state index in [1.54, 1.807) is 55.7 Å². The first-order valence-electron chi connectivity index (χ1n) is 10.5. The summed E-state index contributed by atoms with van der Waals surface area (Å²) in [6, 6.07) is 14.7. The minimum atomic E-state index is -0.589. The number of hydrogen-bond donors (Lipinski definition) is 0. The van der Waals surface area contributed by atoms with Crippen LogP contribution in [0.3, 0.4) is 0 Å². The third-order valence-corrected chi connectivity index (χ3v) is 5.09. The summed E-state index contributed by atoms with van der Waals surface area (Å²) in [5.41, 5.74) is 1.40. The van der Waals surface area contributed by atoms with Gasteiger partial charge in [0.2, 0.25) is 5.75 Å². The average Bonchev–Trinajstić information content (AvgIpc) is 2.90. The van der Waals surface area contributed by atoms with Gasteiger partial charge in [-0.15, -0.1) is 0 Å². The standard InChI is InChI=1S/C27H26O8/c1-30-20-11-12-21(23(16-20)31-2)22(28)13-8-17-6-9-19(10-7-17)35-27(29)18-14-24(32-3)26(34-5)25(15-18)33-4/h6-16H,1-5H3. The van der Waals surface area contributed by atoms with Gasteiger partial charge < -0.3 is 28.4 Å². The molecule has 3 rings (SSSR count). The number of allylic oxidation sites excluding steroid dienone is 1. The summed E-state index contributed by atoms with van der Waals surface area (Å²) >= 11 is 0. The molecule has 8 heteroatoms. The molecule has 3 aromatic carbocycles. The molecule has 0 aliphatic heterocycles. The zero-order chi connectivity index (χ0) is 25.4. The van der Waals surface area contributed by atoms with Gasteiger partial charge in [0, 0.05) is 6.07 Å². The maximum absolute atomic E-state index is 12.7. The Morgan fingerprint density at radius 1 is 0.657 bits per heavy atom. The molecule has 35 heavy (non-hydrogen) atoms. The summed E-state index contributed by atoms with van der Waals surface area (Å²) < 4.78 is 31.7. The van der Waals surface area contributed by atoms with Crippen molar-refractivity contribution in [3.8, 4) is 34.5 Å². The number of esters is 1. The minimum Gasteiger partial charge on any atom is -0.497 e. The van der Waals surface area contributed by atoms with Crippen LogP contribution in [0.1, 0.15) is 26.3 Å². The average molecular weight is 478 g/mol. The molecule has 0 saturated heterocycles. The number of ether oxygens (including phenoxy) is 6. The summed E-state index contributed by atoms with van der Waals surface area (Å²) in [5, 5.41) is 0. The predicted molar refractivity (Wildman–Crippen MR) is 130 cm³/mol. The second kappa shape index (κ2) is 11.6. The van der Waals surface area contributed by atoms with Crippen molar-refractivity contribution in [1.82, 2.24) is 0 Å². The fourth-order valence-corrected chi connectivity index (χ4v) is 3.28. The van der Waals surface area contributed by atoms with Gasteiger partial charge >= 0.3 is 5.97 Å². The second-order valence-corrected chi connectivity index (χ2v) is 7.14. The number of hydrogen-bond acceptors (Lipinski definition) is 8. The van der Waals surface area contributed by atoms with Crippen molar-refractivity contribution < 1.29 is 38.0 Å². The monoisotopic (exact) mass is 478 g/mol. The van der Waals surface area contributed by atoms with Crippen molar-refractivity contribution in [2.24, 2.45) is 0 Å². The molecule has 0 heterocycles. The van der Waals surface area contributed by atoms with Crippen LogP contribution >= 0.6 is 0 Å². The Morgan fingerprint density at radius 2 is 1.26 bits per heavy atom. The Hall–Kier alpha value is -4.46. The highest BCUT2D eigenvalue weighted by molar-refractivity contribution is 6.08. The SMILES string of the molecule is COc1ccc(C(=O)C=Cc2ccc(OC(=O)c3cc(OC)c(OC)c(OC)c3)cc2)c(OC)c1. The van der Waals surface area contributed by atoms with Crippen LogP contribution in [-0.2, 0) is 0 Å². The number of methoxy groups -OCH3 is 5. The molecule has 0 unspecified atom stereocenters. The molecule has 0 radical (unpaired) electrons. The van der Waals surface area contributed by atoms with Gasteiger partial charge in [-0.2, -0.15) is 0 Å². The first-order valence-corrected chi connectivity index (χ1v) is 10.5. The van der Waals surface area contributed by atoms with E-state index in [4.69, 9.17) is 28.4 Å². The van der Waals surface area contributed by atoms with Crippen molar-refractivity contribution >= 4 is 17.8 Å². The molecule has 0 bridgehead atoms. The Bertz CT molecular complexity index is 1200. The summed E-state index contributed by atoms with van der Waals surface area (Å²) in [7, 11) is 7.45. The van der Waals surface area contributed by atoms with Crippen LogP contribution in [0.4, 0.5) is 0 Å². The lowest BCUT2D eigenvalue weighted by Gasteiger charge is -2.13. The Balaban J connectivity index is 1.71. The van der Waals surface area contributed by atoms with E-state index in [1.807, 2.05) is 0 Å². The fraction of sp³-hybridized carbons (Fsp3) is 0.185.